The number of aliphatic hydroxyl groups excluding tert-OH is 1. The van der Waals surface area contributed by atoms with Crippen LogP contribution in [0.5, 0.6) is 0 Å². The lowest BCUT2D eigenvalue weighted by Crippen LogP contribution is -2.33. The van der Waals surface area contributed by atoms with Gasteiger partial charge in [-0.2, -0.15) is 0 Å². The molecule has 0 amide bonds. The van der Waals surface area contributed by atoms with Crippen LogP contribution in [0.25, 0.3) is 0 Å². The summed E-state index contributed by atoms with van der Waals surface area (Å²) >= 11 is 0. The number of nitrogens with one attached hydrogen (secondary N) is 1. The van der Waals surface area contributed by atoms with Gasteiger partial charge in [-0.25, -0.2) is 0 Å². The molecule has 0 aromatic heterocycles. The summed E-state index contributed by atoms with van der Waals surface area (Å²) in [4.78, 5) is 0. The van der Waals surface area contributed by atoms with Crippen molar-refractivity contribution >= 4 is 5.69 Å². The Bertz CT molecular complexity index is 338. The zero-order valence-corrected chi connectivity index (χ0v) is 8.33. The van der Waals surface area contributed by atoms with Gasteiger partial charge in [0.15, 0.2) is 0 Å². The van der Waals surface area contributed by atoms with Crippen molar-refractivity contribution in [1.82, 2.24) is 0 Å². The van der Waals surface area contributed by atoms with Crippen LogP contribution in [0, 0.1) is 6.92 Å². The molecule has 1 aliphatic heterocycles. The summed E-state index contributed by atoms with van der Waals surface area (Å²) in [7, 11) is 0. The van der Waals surface area contributed by atoms with Crippen LogP contribution in [0.3, 0.4) is 0 Å². The molecule has 0 saturated carbocycles. The van der Waals surface area contributed by atoms with Gasteiger partial charge in [0.2, 0.25) is 0 Å². The summed E-state index contributed by atoms with van der Waals surface area (Å²) in [5.41, 5.74) is 9.54. The number of hydrogen-bond donors (Lipinski definition) is 3. The molecule has 14 heavy (non-hydrogen) atoms. The quantitative estimate of drug-likeness (QED) is 0.650. The molecule has 1 aliphatic rings. The van der Waals surface area contributed by atoms with E-state index in [-0.39, 0.29) is 18.6 Å². The van der Waals surface area contributed by atoms with Gasteiger partial charge in [-0.3, -0.25) is 0 Å². The maximum Gasteiger partial charge on any atom is 0.0589 e. The van der Waals surface area contributed by atoms with Crippen LogP contribution in [0.4, 0.5) is 5.69 Å². The number of anilines is 1. The topological polar surface area (TPSA) is 58.3 Å². The molecule has 0 saturated heterocycles. The molecule has 1 heterocycles. The first-order valence-corrected chi connectivity index (χ1v) is 4.94. The second kappa shape index (κ2) is 3.59. The largest absolute Gasteiger partial charge is 0.395 e. The minimum atomic E-state index is -0.162. The van der Waals surface area contributed by atoms with Crippen molar-refractivity contribution in [1.29, 1.82) is 0 Å². The van der Waals surface area contributed by atoms with Gasteiger partial charge in [0.1, 0.15) is 0 Å². The summed E-state index contributed by atoms with van der Waals surface area (Å²) < 4.78 is 0. The monoisotopic (exact) mass is 192 g/mol. The van der Waals surface area contributed by atoms with Crippen molar-refractivity contribution in [2.24, 2.45) is 5.73 Å². The number of para-hydroxylation sites is 1. The third-order valence-electron chi connectivity index (χ3n) is 2.93. The van der Waals surface area contributed by atoms with Gasteiger partial charge in [-0.1, -0.05) is 18.2 Å². The molecule has 2 unspecified atom stereocenters. The summed E-state index contributed by atoms with van der Waals surface area (Å²) in [5.74, 6) is 0.245. The number of aryl methyl sites for hydroxylation is 1. The second-order valence-corrected chi connectivity index (χ2v) is 3.87. The van der Waals surface area contributed by atoms with Gasteiger partial charge in [-0.15, -0.1) is 0 Å². The summed E-state index contributed by atoms with van der Waals surface area (Å²) in [6.45, 7) is 2.96. The Morgan fingerprint density at radius 1 is 1.64 bits per heavy atom. The van der Waals surface area contributed by atoms with Crippen molar-refractivity contribution in [3.05, 3.63) is 29.3 Å². The van der Waals surface area contributed by atoms with Crippen LogP contribution < -0.4 is 11.1 Å². The van der Waals surface area contributed by atoms with Crippen LogP contribution in [0.1, 0.15) is 17.0 Å². The molecule has 76 valence electrons. The van der Waals surface area contributed by atoms with Crippen molar-refractivity contribution in [3.63, 3.8) is 0 Å². The third kappa shape index (κ3) is 1.38. The van der Waals surface area contributed by atoms with E-state index in [1.165, 1.54) is 16.8 Å². The number of fused-ring (bicyclic) bond motifs is 1. The summed E-state index contributed by atoms with van der Waals surface area (Å²) in [5, 5.41) is 12.4. The molecule has 1 aromatic carbocycles. The van der Waals surface area contributed by atoms with Gasteiger partial charge in [0.05, 0.1) is 6.61 Å². The molecule has 2 rings (SSSR count). The van der Waals surface area contributed by atoms with Crippen molar-refractivity contribution < 1.29 is 5.11 Å². The number of hydrogen-bond acceptors (Lipinski definition) is 3. The van der Waals surface area contributed by atoms with Crippen molar-refractivity contribution in [2.75, 3.05) is 18.5 Å². The van der Waals surface area contributed by atoms with Crippen molar-refractivity contribution in [3.8, 4) is 0 Å². The maximum atomic E-state index is 9.04. The van der Waals surface area contributed by atoms with Crippen LogP contribution in [0.2, 0.25) is 0 Å². The van der Waals surface area contributed by atoms with Crippen LogP contribution in [-0.4, -0.2) is 24.3 Å². The molecule has 3 nitrogen and oxygen atoms in total. The molecule has 4 N–H and O–H groups in total. The Morgan fingerprint density at radius 2 is 2.43 bits per heavy atom. The van der Waals surface area contributed by atoms with E-state index in [1.54, 1.807) is 0 Å². The van der Waals surface area contributed by atoms with E-state index in [4.69, 9.17) is 10.8 Å². The Balaban J connectivity index is 2.35. The van der Waals surface area contributed by atoms with E-state index in [0.29, 0.717) is 0 Å². The standard InChI is InChI=1S/C11H16N2O/c1-7-3-2-4-8-9(10(12)6-14)5-13-11(7)8/h2-4,9-10,13-14H,5-6,12H2,1H3. The fourth-order valence-corrected chi connectivity index (χ4v) is 2.07. The first kappa shape index (κ1) is 9.49. The number of benzene rings is 1. The van der Waals surface area contributed by atoms with Gasteiger partial charge in [0.25, 0.3) is 0 Å². The van der Waals surface area contributed by atoms with Crippen molar-refractivity contribution in [2.45, 2.75) is 18.9 Å². The first-order chi connectivity index (χ1) is 6.74. The third-order valence-corrected chi connectivity index (χ3v) is 2.93. The predicted molar refractivity (Wildman–Crippen MR) is 57.5 cm³/mol. The van der Waals surface area contributed by atoms with Gasteiger partial charge >= 0.3 is 0 Å². The minimum absolute atomic E-state index is 0.0414. The van der Waals surface area contributed by atoms with Gasteiger partial charge in [-0.05, 0) is 18.1 Å². The zero-order chi connectivity index (χ0) is 10.1. The lowest BCUT2D eigenvalue weighted by molar-refractivity contribution is 0.252. The van der Waals surface area contributed by atoms with E-state index in [0.717, 1.165) is 6.54 Å². The molecule has 0 spiro atoms. The van der Waals surface area contributed by atoms with Gasteiger partial charge in [0, 0.05) is 24.2 Å². The molecule has 3 heteroatoms. The Hall–Kier alpha value is -1.06. The zero-order valence-electron chi connectivity index (χ0n) is 8.33. The molecule has 0 aliphatic carbocycles. The predicted octanol–water partition coefficient (Wildman–Crippen LogP) is 0.824. The molecule has 0 radical (unpaired) electrons. The number of nitrogens with two attached hydrogens (primary N) is 1. The lowest BCUT2D eigenvalue weighted by Gasteiger charge is -2.16. The lowest BCUT2D eigenvalue weighted by atomic mass is 9.93. The highest BCUT2D eigenvalue weighted by atomic mass is 16.3. The van der Waals surface area contributed by atoms with E-state index in [1.807, 2.05) is 6.07 Å². The van der Waals surface area contributed by atoms with Crippen LogP contribution in [-0.2, 0) is 0 Å². The highest BCUT2D eigenvalue weighted by Crippen LogP contribution is 2.34. The summed E-state index contributed by atoms with van der Waals surface area (Å²) in [6, 6.07) is 6.05. The highest BCUT2D eigenvalue weighted by Gasteiger charge is 2.27. The Kier molecular flexibility index (Phi) is 2.44. The maximum absolute atomic E-state index is 9.04. The molecule has 0 fully saturated rings. The minimum Gasteiger partial charge on any atom is -0.395 e. The first-order valence-electron chi connectivity index (χ1n) is 4.94. The smallest absolute Gasteiger partial charge is 0.0589 e. The fraction of sp³-hybridized carbons (Fsp3) is 0.455. The average Bonchev–Trinajstić information content (AvgIpc) is 2.62. The summed E-state index contributed by atoms with van der Waals surface area (Å²) in [6.07, 6.45) is 0. The second-order valence-electron chi connectivity index (χ2n) is 3.87. The van der Waals surface area contributed by atoms with Gasteiger partial charge < -0.3 is 16.2 Å². The number of rotatable bonds is 2. The van der Waals surface area contributed by atoms with E-state index < -0.39 is 0 Å². The van der Waals surface area contributed by atoms with E-state index in [9.17, 15) is 0 Å². The van der Waals surface area contributed by atoms with E-state index in [2.05, 4.69) is 24.4 Å². The molecular weight excluding hydrogens is 176 g/mol. The number of aliphatic hydroxyl groups is 1. The Morgan fingerprint density at radius 3 is 3.14 bits per heavy atom. The molecule has 2 atom stereocenters. The van der Waals surface area contributed by atoms with E-state index >= 15 is 0 Å². The molecule has 0 bridgehead atoms. The van der Waals surface area contributed by atoms with Crippen LogP contribution in [0.15, 0.2) is 18.2 Å². The average molecular weight is 192 g/mol. The normalized spacial score (nSPS) is 21.5. The molecule has 1 aromatic rings. The highest BCUT2D eigenvalue weighted by molar-refractivity contribution is 5.63. The molecular formula is C11H16N2O. The SMILES string of the molecule is Cc1cccc2c1NCC2C(N)CO. The van der Waals surface area contributed by atoms with Crippen LogP contribution >= 0.6 is 0 Å². The fourth-order valence-electron chi connectivity index (χ4n) is 2.07. The Labute approximate surface area is 83.9 Å².